The molecule has 1 atom stereocenters. The lowest BCUT2D eigenvalue weighted by molar-refractivity contribution is 0.601. The number of rotatable bonds is 8. The van der Waals surface area contributed by atoms with E-state index in [1.165, 1.54) is 0 Å². The predicted molar refractivity (Wildman–Crippen MR) is 82.7 cm³/mol. The van der Waals surface area contributed by atoms with Crippen molar-refractivity contribution in [1.82, 2.24) is 9.55 Å². The molecular weight excluding hydrogens is 242 g/mol. The van der Waals surface area contributed by atoms with Gasteiger partial charge in [-0.15, -0.1) is 0 Å². The summed E-state index contributed by atoms with van der Waals surface area (Å²) in [6.07, 6.45) is 10.9. The van der Waals surface area contributed by atoms with Crippen molar-refractivity contribution in [1.29, 1.82) is 0 Å². The van der Waals surface area contributed by atoms with Crippen molar-refractivity contribution < 1.29 is 0 Å². The number of hydrogen-bond donors (Lipinski definition) is 2. The Bertz CT molecular complexity index is 396. The molecular formula is C14H23N3S. The van der Waals surface area contributed by atoms with Gasteiger partial charge in [-0.3, -0.25) is 0 Å². The van der Waals surface area contributed by atoms with E-state index in [-0.39, 0.29) is 0 Å². The van der Waals surface area contributed by atoms with Crippen molar-refractivity contribution >= 4 is 24.8 Å². The number of aryl methyl sites for hydroxylation is 1. The fourth-order valence-electron chi connectivity index (χ4n) is 1.78. The zero-order valence-corrected chi connectivity index (χ0v) is 11.9. The van der Waals surface area contributed by atoms with Crippen molar-refractivity contribution in [3.8, 4) is 0 Å². The van der Waals surface area contributed by atoms with Gasteiger partial charge < -0.3 is 10.3 Å². The van der Waals surface area contributed by atoms with Crippen molar-refractivity contribution in [2.45, 2.75) is 38.0 Å². The van der Waals surface area contributed by atoms with Gasteiger partial charge in [-0.05, 0) is 38.0 Å². The first kappa shape index (κ1) is 15.1. The second kappa shape index (κ2) is 8.16. The Kier molecular flexibility index (Phi) is 6.83. The van der Waals surface area contributed by atoms with Crippen LogP contribution in [0.1, 0.15) is 37.6 Å². The number of allylic oxidation sites excluding steroid dienone is 1. The molecule has 0 radical (unpaired) electrons. The van der Waals surface area contributed by atoms with Crippen LogP contribution in [0.2, 0.25) is 0 Å². The molecule has 0 aliphatic heterocycles. The summed E-state index contributed by atoms with van der Waals surface area (Å²) in [6.45, 7) is 7.53. The Balaban J connectivity index is 2.72. The van der Waals surface area contributed by atoms with Crippen LogP contribution in [0.15, 0.2) is 19.0 Å². The molecule has 0 aliphatic carbocycles. The average Bonchev–Trinajstić information content (AvgIpc) is 2.76. The molecule has 0 saturated carbocycles. The molecule has 1 aromatic heterocycles. The number of nitrogens with zero attached hydrogens (tertiary/aromatic N) is 2. The summed E-state index contributed by atoms with van der Waals surface area (Å²) in [7, 11) is 0. The molecule has 18 heavy (non-hydrogen) atoms. The van der Waals surface area contributed by atoms with Gasteiger partial charge in [0, 0.05) is 11.8 Å². The van der Waals surface area contributed by atoms with Crippen molar-refractivity contribution in [2.24, 2.45) is 5.73 Å². The van der Waals surface area contributed by atoms with E-state index in [4.69, 9.17) is 5.73 Å². The number of nitrogens with two attached hydrogens (primary N) is 1. The molecule has 1 aromatic rings. The lowest BCUT2D eigenvalue weighted by Crippen LogP contribution is -2.11. The van der Waals surface area contributed by atoms with Gasteiger partial charge in [0.15, 0.2) is 0 Å². The van der Waals surface area contributed by atoms with Gasteiger partial charge in [0.1, 0.15) is 0 Å². The van der Waals surface area contributed by atoms with Crippen molar-refractivity contribution in [3.05, 3.63) is 30.4 Å². The molecule has 1 heterocycles. The third-order valence-corrected chi connectivity index (χ3v) is 3.33. The van der Waals surface area contributed by atoms with Gasteiger partial charge in [-0.2, -0.15) is 12.6 Å². The highest BCUT2D eigenvalue weighted by molar-refractivity contribution is 7.80. The third kappa shape index (κ3) is 4.35. The van der Waals surface area contributed by atoms with Gasteiger partial charge in [-0.25, -0.2) is 4.98 Å². The summed E-state index contributed by atoms with van der Waals surface area (Å²) in [5, 5.41) is 0.354. The normalized spacial score (nSPS) is 13.1. The van der Waals surface area contributed by atoms with Crippen LogP contribution < -0.4 is 5.73 Å². The van der Waals surface area contributed by atoms with Gasteiger partial charge in [-0.1, -0.05) is 19.6 Å². The highest BCUT2D eigenvalue weighted by Crippen LogP contribution is 2.15. The van der Waals surface area contributed by atoms with Crippen LogP contribution >= 0.6 is 12.6 Å². The zero-order chi connectivity index (χ0) is 13.4. The van der Waals surface area contributed by atoms with E-state index in [1.54, 1.807) is 6.08 Å². The van der Waals surface area contributed by atoms with Crippen LogP contribution in [0.4, 0.5) is 0 Å². The van der Waals surface area contributed by atoms with E-state index in [0.717, 1.165) is 37.2 Å². The fraction of sp³-hybridized carbons (Fsp3) is 0.500. The van der Waals surface area contributed by atoms with Crippen molar-refractivity contribution in [2.75, 3.05) is 6.54 Å². The van der Waals surface area contributed by atoms with Gasteiger partial charge in [0.25, 0.3) is 0 Å². The SMILES string of the molecule is C=Cc1ncn(CCC(S)CCN)c1/C=C\CC. The number of aromatic nitrogens is 2. The third-order valence-electron chi connectivity index (χ3n) is 2.82. The molecule has 1 rings (SSSR count). The summed E-state index contributed by atoms with van der Waals surface area (Å²) in [4.78, 5) is 4.36. The van der Waals surface area contributed by atoms with Crippen LogP contribution in [0.3, 0.4) is 0 Å². The molecule has 1 unspecified atom stereocenters. The highest BCUT2D eigenvalue weighted by Gasteiger charge is 2.07. The lowest BCUT2D eigenvalue weighted by atomic mass is 10.2. The molecule has 0 bridgehead atoms. The van der Waals surface area contributed by atoms with Crippen LogP contribution in [0.25, 0.3) is 12.2 Å². The molecule has 0 fully saturated rings. The van der Waals surface area contributed by atoms with Gasteiger partial charge >= 0.3 is 0 Å². The summed E-state index contributed by atoms with van der Waals surface area (Å²) >= 11 is 4.52. The Hall–Kier alpha value is -1.00. The first-order valence-corrected chi connectivity index (χ1v) is 6.96. The maximum atomic E-state index is 5.53. The quantitative estimate of drug-likeness (QED) is 0.710. The maximum absolute atomic E-state index is 5.53. The molecule has 100 valence electrons. The highest BCUT2D eigenvalue weighted by atomic mass is 32.1. The number of thiol groups is 1. The minimum atomic E-state index is 0.354. The minimum Gasteiger partial charge on any atom is -0.331 e. The summed E-state index contributed by atoms with van der Waals surface area (Å²) in [5.74, 6) is 0. The van der Waals surface area contributed by atoms with E-state index in [1.807, 2.05) is 6.33 Å². The van der Waals surface area contributed by atoms with Crippen LogP contribution in [-0.2, 0) is 6.54 Å². The molecule has 0 aromatic carbocycles. The molecule has 0 aliphatic rings. The molecule has 0 saturated heterocycles. The van der Waals surface area contributed by atoms with E-state index in [0.29, 0.717) is 11.8 Å². The predicted octanol–water partition coefficient (Wildman–Crippen LogP) is 2.99. The zero-order valence-electron chi connectivity index (χ0n) is 11.0. The Morgan fingerprint density at radius 3 is 2.94 bits per heavy atom. The number of hydrogen-bond acceptors (Lipinski definition) is 3. The van der Waals surface area contributed by atoms with Crippen LogP contribution in [-0.4, -0.2) is 21.3 Å². The van der Waals surface area contributed by atoms with E-state index in [9.17, 15) is 0 Å². The Morgan fingerprint density at radius 2 is 2.33 bits per heavy atom. The molecule has 0 amide bonds. The second-order valence-electron chi connectivity index (χ2n) is 4.24. The summed E-state index contributed by atoms with van der Waals surface area (Å²) in [5.41, 5.74) is 7.59. The van der Waals surface area contributed by atoms with Crippen LogP contribution in [0, 0.1) is 0 Å². The molecule has 3 nitrogen and oxygen atoms in total. The van der Waals surface area contributed by atoms with E-state index < -0.39 is 0 Å². The second-order valence-corrected chi connectivity index (χ2v) is 4.97. The molecule has 2 N–H and O–H groups in total. The minimum absolute atomic E-state index is 0.354. The first-order chi connectivity index (χ1) is 8.72. The van der Waals surface area contributed by atoms with Gasteiger partial charge in [0.05, 0.1) is 17.7 Å². The fourth-order valence-corrected chi connectivity index (χ4v) is 2.04. The van der Waals surface area contributed by atoms with Crippen molar-refractivity contribution in [3.63, 3.8) is 0 Å². The van der Waals surface area contributed by atoms with Gasteiger partial charge in [0.2, 0.25) is 0 Å². The lowest BCUT2D eigenvalue weighted by Gasteiger charge is -2.11. The Labute approximate surface area is 115 Å². The summed E-state index contributed by atoms with van der Waals surface area (Å²) in [6, 6.07) is 0. The standard InChI is InChI=1S/C14H23N3S/c1-3-5-6-14-13(4-2)16-11-17(14)10-8-12(18)7-9-15/h4-6,11-12,18H,2-3,7-10,15H2,1H3/b6-5-. The largest absolute Gasteiger partial charge is 0.331 e. The summed E-state index contributed by atoms with van der Waals surface area (Å²) < 4.78 is 2.16. The monoisotopic (exact) mass is 265 g/mol. The molecule has 4 heteroatoms. The topological polar surface area (TPSA) is 43.8 Å². The van der Waals surface area contributed by atoms with E-state index >= 15 is 0 Å². The number of imidazole rings is 1. The van der Waals surface area contributed by atoms with E-state index in [2.05, 4.69) is 47.8 Å². The maximum Gasteiger partial charge on any atom is 0.0958 e. The smallest absolute Gasteiger partial charge is 0.0958 e. The Morgan fingerprint density at radius 1 is 1.56 bits per heavy atom. The molecule has 0 spiro atoms. The average molecular weight is 265 g/mol. The first-order valence-electron chi connectivity index (χ1n) is 6.45. The van der Waals surface area contributed by atoms with Crippen LogP contribution in [0.5, 0.6) is 0 Å².